The summed E-state index contributed by atoms with van der Waals surface area (Å²) in [6, 6.07) is 7.27. The number of hydrogen-bond donors (Lipinski definition) is 2. The number of amides is 2. The van der Waals surface area contributed by atoms with Crippen molar-refractivity contribution in [1.82, 2.24) is 25.2 Å². The number of nitrogens with two attached hydrogens (primary N) is 1. The molecule has 3 N–H and O–H groups in total. The summed E-state index contributed by atoms with van der Waals surface area (Å²) in [7, 11) is 0. The Labute approximate surface area is 175 Å². The molecular formula is C20H28N6O4. The molecule has 1 aliphatic rings. The average Bonchev–Trinajstić information content (AvgIpc) is 3.18. The molecule has 1 saturated heterocycles. The van der Waals surface area contributed by atoms with Crippen molar-refractivity contribution in [3.63, 3.8) is 0 Å². The van der Waals surface area contributed by atoms with Crippen molar-refractivity contribution >= 4 is 12.0 Å². The van der Waals surface area contributed by atoms with Crippen molar-refractivity contribution in [3.05, 3.63) is 30.0 Å². The predicted molar refractivity (Wildman–Crippen MR) is 110 cm³/mol. The highest BCUT2D eigenvalue weighted by Gasteiger charge is 2.25. The van der Waals surface area contributed by atoms with E-state index < -0.39 is 11.5 Å². The third-order valence-corrected chi connectivity index (χ3v) is 4.59. The fourth-order valence-electron chi connectivity index (χ4n) is 3.11. The monoisotopic (exact) mass is 416 g/mol. The quantitative estimate of drug-likeness (QED) is 0.730. The minimum Gasteiger partial charge on any atom is -0.492 e. The number of aromatic amines is 1. The number of rotatable bonds is 6. The number of benzene rings is 1. The number of carbonyl (C=O) groups is 2. The zero-order chi connectivity index (χ0) is 21.7. The number of carbonyl (C=O) groups excluding carboxylic acids is 2. The lowest BCUT2D eigenvalue weighted by Gasteiger charge is -2.35. The Hall–Kier alpha value is -3.14. The number of H-pyrrole nitrogens is 1. The Morgan fingerprint density at radius 2 is 1.90 bits per heavy atom. The summed E-state index contributed by atoms with van der Waals surface area (Å²) in [6.45, 7) is 9.63. The second kappa shape index (κ2) is 9.12. The SMILES string of the molecule is CC(C)(C)OC(=O)N1CCN(CCOc2cccc(-c3n[nH]nc3C(N)=O)c2)CC1. The number of piperazine rings is 1. The largest absolute Gasteiger partial charge is 0.492 e. The van der Waals surface area contributed by atoms with E-state index >= 15 is 0 Å². The van der Waals surface area contributed by atoms with E-state index in [2.05, 4.69) is 20.3 Å². The Balaban J connectivity index is 1.47. The minimum absolute atomic E-state index is 0.0926. The maximum absolute atomic E-state index is 12.1. The first-order valence-corrected chi connectivity index (χ1v) is 9.87. The average molecular weight is 416 g/mol. The molecular weight excluding hydrogens is 388 g/mol. The van der Waals surface area contributed by atoms with Gasteiger partial charge in [0.05, 0.1) is 0 Å². The van der Waals surface area contributed by atoms with Crippen LogP contribution in [0.3, 0.4) is 0 Å². The van der Waals surface area contributed by atoms with Gasteiger partial charge in [0.25, 0.3) is 5.91 Å². The highest BCUT2D eigenvalue weighted by molar-refractivity contribution is 5.96. The summed E-state index contributed by atoms with van der Waals surface area (Å²) in [6.07, 6.45) is -0.265. The van der Waals surface area contributed by atoms with Crippen LogP contribution in [0.4, 0.5) is 4.79 Å². The lowest BCUT2D eigenvalue weighted by Crippen LogP contribution is -2.50. The third kappa shape index (κ3) is 5.69. The van der Waals surface area contributed by atoms with Crippen molar-refractivity contribution in [2.75, 3.05) is 39.3 Å². The fraction of sp³-hybridized carbons (Fsp3) is 0.500. The van der Waals surface area contributed by atoms with Crippen molar-refractivity contribution in [2.45, 2.75) is 26.4 Å². The van der Waals surface area contributed by atoms with E-state index in [1.165, 1.54) is 0 Å². The van der Waals surface area contributed by atoms with Crippen molar-refractivity contribution in [2.24, 2.45) is 5.73 Å². The summed E-state index contributed by atoms with van der Waals surface area (Å²) >= 11 is 0. The molecule has 1 aromatic heterocycles. The molecule has 0 radical (unpaired) electrons. The molecule has 2 aromatic rings. The van der Waals surface area contributed by atoms with Gasteiger partial charge in [0.15, 0.2) is 5.69 Å². The first-order valence-electron chi connectivity index (χ1n) is 9.87. The van der Waals surface area contributed by atoms with Gasteiger partial charge in [-0.05, 0) is 32.9 Å². The topological polar surface area (TPSA) is 127 Å². The lowest BCUT2D eigenvalue weighted by atomic mass is 10.1. The van der Waals surface area contributed by atoms with E-state index in [9.17, 15) is 9.59 Å². The zero-order valence-corrected chi connectivity index (χ0v) is 17.6. The van der Waals surface area contributed by atoms with E-state index in [1.807, 2.05) is 39.0 Å². The van der Waals surface area contributed by atoms with E-state index in [0.29, 0.717) is 36.7 Å². The van der Waals surface area contributed by atoms with Crippen LogP contribution in [0.2, 0.25) is 0 Å². The standard InChI is InChI=1S/C20H28N6O4/c1-20(2,3)30-19(28)26-9-7-25(8-10-26)11-12-29-15-6-4-5-14(13-15)16-17(18(21)27)23-24-22-16/h4-6,13H,7-12H2,1-3H3,(H2,21,27)(H,22,23,24). The molecule has 0 saturated carbocycles. The smallest absolute Gasteiger partial charge is 0.410 e. The summed E-state index contributed by atoms with van der Waals surface area (Å²) in [4.78, 5) is 27.6. The highest BCUT2D eigenvalue weighted by Crippen LogP contribution is 2.24. The van der Waals surface area contributed by atoms with Gasteiger partial charge in [-0.3, -0.25) is 9.69 Å². The van der Waals surface area contributed by atoms with Crippen molar-refractivity contribution in [3.8, 4) is 17.0 Å². The Morgan fingerprint density at radius 1 is 1.17 bits per heavy atom. The first-order chi connectivity index (χ1) is 14.2. The Kier molecular flexibility index (Phi) is 6.56. The fourth-order valence-corrected chi connectivity index (χ4v) is 3.11. The van der Waals surface area contributed by atoms with Crippen LogP contribution in [0.25, 0.3) is 11.3 Å². The second-order valence-corrected chi connectivity index (χ2v) is 8.07. The van der Waals surface area contributed by atoms with Crippen molar-refractivity contribution < 1.29 is 19.1 Å². The molecule has 2 amide bonds. The van der Waals surface area contributed by atoms with Crippen LogP contribution in [-0.2, 0) is 4.74 Å². The molecule has 0 bridgehead atoms. The predicted octanol–water partition coefficient (Wildman–Crippen LogP) is 1.50. The number of aromatic nitrogens is 3. The molecule has 0 atom stereocenters. The highest BCUT2D eigenvalue weighted by atomic mass is 16.6. The van der Waals surface area contributed by atoms with E-state index in [0.717, 1.165) is 19.6 Å². The van der Waals surface area contributed by atoms with Crippen LogP contribution in [0.5, 0.6) is 5.75 Å². The summed E-state index contributed by atoms with van der Waals surface area (Å²) in [5, 5.41) is 10.2. The van der Waals surface area contributed by atoms with E-state index in [-0.39, 0.29) is 11.8 Å². The summed E-state index contributed by atoms with van der Waals surface area (Å²) in [5.74, 6) is 0.0221. The molecule has 1 aromatic carbocycles. The zero-order valence-electron chi connectivity index (χ0n) is 17.6. The van der Waals surface area contributed by atoms with Crippen molar-refractivity contribution in [1.29, 1.82) is 0 Å². The Morgan fingerprint density at radius 3 is 2.57 bits per heavy atom. The molecule has 10 nitrogen and oxygen atoms in total. The molecule has 2 heterocycles. The number of primary amides is 1. The van der Waals surface area contributed by atoms with Crippen LogP contribution in [-0.4, -0.2) is 82.1 Å². The molecule has 0 spiro atoms. The van der Waals surface area contributed by atoms with Gasteiger partial charge in [0, 0.05) is 38.3 Å². The second-order valence-electron chi connectivity index (χ2n) is 8.07. The third-order valence-electron chi connectivity index (χ3n) is 4.59. The summed E-state index contributed by atoms with van der Waals surface area (Å²) < 4.78 is 11.3. The van der Waals surface area contributed by atoms with Gasteiger partial charge in [0.1, 0.15) is 23.7 Å². The molecule has 0 aliphatic carbocycles. The van der Waals surface area contributed by atoms with Crippen LogP contribution in [0.15, 0.2) is 24.3 Å². The Bertz CT molecular complexity index is 883. The molecule has 0 unspecified atom stereocenters. The number of nitrogens with zero attached hydrogens (tertiary/aromatic N) is 4. The summed E-state index contributed by atoms with van der Waals surface area (Å²) in [5.41, 5.74) is 6.02. The number of ether oxygens (including phenoxy) is 2. The molecule has 10 heteroatoms. The maximum Gasteiger partial charge on any atom is 0.410 e. The van der Waals surface area contributed by atoms with Gasteiger partial charge in [-0.15, -0.1) is 0 Å². The van der Waals surface area contributed by atoms with Gasteiger partial charge in [-0.25, -0.2) is 4.79 Å². The van der Waals surface area contributed by atoms with Gasteiger partial charge < -0.3 is 20.1 Å². The van der Waals surface area contributed by atoms with Crippen LogP contribution < -0.4 is 10.5 Å². The maximum atomic E-state index is 12.1. The number of nitrogens with one attached hydrogen (secondary N) is 1. The van der Waals surface area contributed by atoms with E-state index in [1.54, 1.807) is 11.0 Å². The van der Waals surface area contributed by atoms with Gasteiger partial charge in [-0.1, -0.05) is 12.1 Å². The van der Waals surface area contributed by atoms with Crippen LogP contribution in [0.1, 0.15) is 31.3 Å². The van der Waals surface area contributed by atoms with E-state index in [4.69, 9.17) is 15.2 Å². The number of hydrogen-bond acceptors (Lipinski definition) is 7. The van der Waals surface area contributed by atoms with Gasteiger partial charge >= 0.3 is 6.09 Å². The van der Waals surface area contributed by atoms with Crippen LogP contribution >= 0.6 is 0 Å². The molecule has 30 heavy (non-hydrogen) atoms. The van der Waals surface area contributed by atoms with Gasteiger partial charge in [0.2, 0.25) is 0 Å². The molecule has 1 fully saturated rings. The minimum atomic E-state index is -0.643. The van der Waals surface area contributed by atoms with Crippen LogP contribution in [0, 0.1) is 0 Å². The molecule has 3 rings (SSSR count). The molecule has 162 valence electrons. The first kappa shape index (κ1) is 21.6. The molecule has 1 aliphatic heterocycles. The normalized spacial score (nSPS) is 15.1. The lowest BCUT2D eigenvalue weighted by molar-refractivity contribution is 0.0137. The van der Waals surface area contributed by atoms with Gasteiger partial charge in [-0.2, -0.15) is 15.4 Å².